The number of nitrogens with one attached hydrogen (secondary N) is 1. The number of carbonyl (C=O) groups is 1. The molecule has 3 rings (SSSR count). The van der Waals surface area contributed by atoms with Crippen molar-refractivity contribution < 1.29 is 9.53 Å². The van der Waals surface area contributed by atoms with Gasteiger partial charge in [-0.15, -0.1) is 18.3 Å². The summed E-state index contributed by atoms with van der Waals surface area (Å²) in [6, 6.07) is 4.51. The summed E-state index contributed by atoms with van der Waals surface area (Å²) in [5, 5.41) is 3.54. The Morgan fingerprint density at radius 3 is 2.61 bits per heavy atom. The van der Waals surface area contributed by atoms with Gasteiger partial charge >= 0.3 is 0 Å². The number of rotatable bonds is 5. The number of amides is 1. The fourth-order valence-electron chi connectivity index (χ4n) is 4.17. The smallest absolute Gasteiger partial charge is 0.255 e. The lowest BCUT2D eigenvalue weighted by Crippen LogP contribution is -2.48. The standard InChI is InChI=1S/C21H28ClN3O2.ClH/c1-4-6-16(5-2)27-20-12-19(23)18(22)11-17(20)21(26)24-13-9-14-7-8-15(10-13)25(14)3;/h11-16H,5,7-10,23H2,1-3H3,(H,24,26);1H. The minimum absolute atomic E-state index is 0. The molecular formula is C21H29Cl2N3O2. The molecule has 5 nitrogen and oxygen atoms in total. The Bertz CT molecular complexity index is 761. The second-order valence-electron chi connectivity index (χ2n) is 7.47. The van der Waals surface area contributed by atoms with Gasteiger partial charge in [0.25, 0.3) is 5.91 Å². The van der Waals surface area contributed by atoms with Crippen molar-refractivity contribution in [2.75, 3.05) is 12.8 Å². The maximum atomic E-state index is 13.0. The van der Waals surface area contributed by atoms with E-state index in [4.69, 9.17) is 22.1 Å². The molecule has 154 valence electrons. The third-order valence-corrected chi connectivity index (χ3v) is 6.05. The summed E-state index contributed by atoms with van der Waals surface area (Å²) >= 11 is 6.18. The van der Waals surface area contributed by atoms with E-state index >= 15 is 0 Å². The molecule has 2 aliphatic rings. The molecule has 2 saturated heterocycles. The average Bonchev–Trinajstić information content (AvgIpc) is 2.84. The highest BCUT2D eigenvalue weighted by molar-refractivity contribution is 6.33. The zero-order chi connectivity index (χ0) is 19.6. The zero-order valence-electron chi connectivity index (χ0n) is 16.6. The molecule has 2 heterocycles. The van der Waals surface area contributed by atoms with E-state index in [1.54, 1.807) is 19.1 Å². The van der Waals surface area contributed by atoms with E-state index in [-0.39, 0.29) is 30.5 Å². The molecule has 2 fully saturated rings. The number of nitrogens with zero attached hydrogens (tertiary/aromatic N) is 1. The van der Waals surface area contributed by atoms with Crippen molar-refractivity contribution in [2.24, 2.45) is 0 Å². The fraction of sp³-hybridized carbons (Fsp3) is 0.571. The van der Waals surface area contributed by atoms with Crippen LogP contribution in [-0.4, -0.2) is 42.1 Å². The van der Waals surface area contributed by atoms with Gasteiger partial charge in [-0.05, 0) is 52.1 Å². The van der Waals surface area contributed by atoms with Gasteiger partial charge in [0.2, 0.25) is 0 Å². The molecule has 0 spiro atoms. The van der Waals surface area contributed by atoms with Gasteiger partial charge in [0.1, 0.15) is 5.75 Å². The zero-order valence-corrected chi connectivity index (χ0v) is 18.2. The molecule has 0 aromatic heterocycles. The molecule has 0 saturated carbocycles. The second-order valence-corrected chi connectivity index (χ2v) is 7.88. The minimum Gasteiger partial charge on any atom is -0.477 e. The molecule has 0 radical (unpaired) electrons. The normalized spacial score (nSPS) is 24.5. The summed E-state index contributed by atoms with van der Waals surface area (Å²) in [6.07, 6.45) is 4.81. The van der Waals surface area contributed by atoms with Gasteiger partial charge in [-0.25, -0.2) is 0 Å². The van der Waals surface area contributed by atoms with Crippen LogP contribution in [0, 0.1) is 11.8 Å². The fourth-order valence-corrected chi connectivity index (χ4v) is 4.33. The highest BCUT2D eigenvalue weighted by atomic mass is 35.5. The number of anilines is 1. The lowest BCUT2D eigenvalue weighted by Gasteiger charge is -2.36. The second kappa shape index (κ2) is 9.73. The SMILES string of the molecule is CC#CC(CC)Oc1cc(N)c(Cl)cc1C(=O)NC1CC2CCC(C1)N2C.Cl. The molecule has 1 amide bonds. The lowest BCUT2D eigenvalue weighted by molar-refractivity contribution is 0.0877. The van der Waals surface area contributed by atoms with Crippen LogP contribution in [0.2, 0.25) is 5.02 Å². The summed E-state index contributed by atoms with van der Waals surface area (Å²) in [4.78, 5) is 15.5. The number of nitrogens with two attached hydrogens (primary N) is 1. The predicted molar refractivity (Wildman–Crippen MR) is 116 cm³/mol. The molecule has 2 aliphatic heterocycles. The van der Waals surface area contributed by atoms with Crippen molar-refractivity contribution >= 4 is 35.6 Å². The Balaban J connectivity index is 0.00000280. The summed E-state index contributed by atoms with van der Waals surface area (Å²) in [5.74, 6) is 6.13. The topological polar surface area (TPSA) is 67.6 Å². The van der Waals surface area contributed by atoms with E-state index in [0.717, 1.165) is 12.8 Å². The average molecular weight is 426 g/mol. The highest BCUT2D eigenvalue weighted by Crippen LogP contribution is 2.35. The van der Waals surface area contributed by atoms with Crippen LogP contribution in [0.3, 0.4) is 0 Å². The molecule has 3 atom stereocenters. The van der Waals surface area contributed by atoms with Crippen molar-refractivity contribution in [1.29, 1.82) is 0 Å². The number of hydrogen-bond acceptors (Lipinski definition) is 4. The number of hydrogen-bond donors (Lipinski definition) is 2. The Morgan fingerprint density at radius 2 is 2.04 bits per heavy atom. The van der Waals surface area contributed by atoms with Crippen molar-refractivity contribution in [1.82, 2.24) is 10.2 Å². The van der Waals surface area contributed by atoms with Crippen molar-refractivity contribution in [3.8, 4) is 17.6 Å². The molecular weight excluding hydrogens is 397 g/mol. The van der Waals surface area contributed by atoms with E-state index in [1.807, 2.05) is 6.92 Å². The van der Waals surface area contributed by atoms with Crippen LogP contribution in [0.15, 0.2) is 12.1 Å². The first-order valence-electron chi connectivity index (χ1n) is 9.63. The first kappa shape index (κ1) is 22.7. The van der Waals surface area contributed by atoms with E-state index in [9.17, 15) is 4.79 Å². The van der Waals surface area contributed by atoms with Crippen molar-refractivity contribution in [2.45, 2.75) is 70.2 Å². The number of benzene rings is 1. The summed E-state index contributed by atoms with van der Waals surface area (Å²) in [6.45, 7) is 3.76. The summed E-state index contributed by atoms with van der Waals surface area (Å²) in [7, 11) is 2.19. The van der Waals surface area contributed by atoms with Gasteiger partial charge < -0.3 is 20.7 Å². The molecule has 1 aromatic rings. The highest BCUT2D eigenvalue weighted by Gasteiger charge is 2.39. The molecule has 7 heteroatoms. The van der Waals surface area contributed by atoms with Gasteiger partial charge in [-0.1, -0.05) is 24.4 Å². The predicted octanol–water partition coefficient (Wildman–Crippen LogP) is 3.88. The number of nitrogen functional groups attached to an aromatic ring is 1. The van der Waals surface area contributed by atoms with Crippen molar-refractivity contribution in [3.05, 3.63) is 22.7 Å². The van der Waals surface area contributed by atoms with E-state index < -0.39 is 0 Å². The van der Waals surface area contributed by atoms with Crippen LogP contribution in [-0.2, 0) is 0 Å². The molecule has 28 heavy (non-hydrogen) atoms. The first-order valence-corrected chi connectivity index (χ1v) is 10.0. The molecule has 0 aliphatic carbocycles. The minimum atomic E-state index is -0.290. The van der Waals surface area contributed by atoms with Gasteiger partial charge in [-0.3, -0.25) is 4.79 Å². The summed E-state index contributed by atoms with van der Waals surface area (Å²) < 4.78 is 5.97. The quantitative estimate of drug-likeness (QED) is 0.554. The van der Waals surface area contributed by atoms with Crippen LogP contribution in [0.4, 0.5) is 5.69 Å². The van der Waals surface area contributed by atoms with Gasteiger partial charge in [0.05, 0.1) is 16.3 Å². The van der Waals surface area contributed by atoms with Crippen LogP contribution in [0.5, 0.6) is 5.75 Å². The molecule has 2 bridgehead atoms. The van der Waals surface area contributed by atoms with E-state index in [0.29, 0.717) is 40.5 Å². The maximum Gasteiger partial charge on any atom is 0.255 e. The van der Waals surface area contributed by atoms with E-state index in [2.05, 4.69) is 29.1 Å². The number of halogens is 2. The number of fused-ring (bicyclic) bond motifs is 2. The monoisotopic (exact) mass is 425 g/mol. The van der Waals surface area contributed by atoms with Gasteiger partial charge in [0.15, 0.2) is 6.10 Å². The Hall–Kier alpha value is -1.61. The van der Waals surface area contributed by atoms with Crippen molar-refractivity contribution in [3.63, 3.8) is 0 Å². The van der Waals surface area contributed by atoms with Crippen LogP contribution in [0.1, 0.15) is 56.3 Å². The maximum absolute atomic E-state index is 13.0. The van der Waals surface area contributed by atoms with Crippen LogP contribution < -0.4 is 15.8 Å². The largest absolute Gasteiger partial charge is 0.477 e. The third kappa shape index (κ3) is 4.86. The Labute approximate surface area is 178 Å². The Morgan fingerprint density at radius 1 is 1.39 bits per heavy atom. The van der Waals surface area contributed by atoms with E-state index in [1.165, 1.54) is 12.8 Å². The number of carbonyl (C=O) groups excluding carboxylic acids is 1. The number of ether oxygens (including phenoxy) is 1. The molecule has 3 unspecified atom stereocenters. The summed E-state index contributed by atoms with van der Waals surface area (Å²) in [5.41, 5.74) is 6.74. The lowest BCUT2D eigenvalue weighted by atomic mass is 9.97. The third-order valence-electron chi connectivity index (χ3n) is 5.72. The first-order chi connectivity index (χ1) is 12.9. The number of piperidine rings is 1. The Kier molecular flexibility index (Phi) is 7.88. The van der Waals surface area contributed by atoms with Crippen LogP contribution >= 0.6 is 24.0 Å². The molecule has 1 aromatic carbocycles. The molecule has 3 N–H and O–H groups in total. The van der Waals surface area contributed by atoms with Crippen LogP contribution in [0.25, 0.3) is 0 Å². The van der Waals surface area contributed by atoms with Gasteiger partial charge in [0, 0.05) is 24.2 Å². The van der Waals surface area contributed by atoms with Gasteiger partial charge in [-0.2, -0.15) is 0 Å².